The number of halogens is 4. The van der Waals surface area contributed by atoms with Crippen LogP contribution in [0.1, 0.15) is 18.1 Å². The molecule has 0 fully saturated rings. The third kappa shape index (κ3) is 4.18. The lowest BCUT2D eigenvalue weighted by molar-refractivity contribution is -0.119. The van der Waals surface area contributed by atoms with E-state index in [0.29, 0.717) is 11.1 Å². The summed E-state index contributed by atoms with van der Waals surface area (Å²) in [7, 11) is 0. The fourth-order valence-corrected chi connectivity index (χ4v) is 1.89. The maximum Gasteiger partial charge on any atom is 0.405 e. The first-order valence-electron chi connectivity index (χ1n) is 5.20. The molecule has 0 amide bonds. The van der Waals surface area contributed by atoms with Gasteiger partial charge in [0.05, 0.1) is 0 Å². The van der Waals surface area contributed by atoms with E-state index in [1.54, 1.807) is 20.0 Å². The molecule has 1 aromatic heterocycles. The van der Waals surface area contributed by atoms with Gasteiger partial charge in [-0.05, 0) is 25.0 Å². The summed E-state index contributed by atoms with van der Waals surface area (Å²) >= 11 is 3.29. The molecule has 1 aromatic rings. The van der Waals surface area contributed by atoms with Crippen molar-refractivity contribution in [3.8, 4) is 0 Å². The molecule has 0 saturated carbocycles. The van der Waals surface area contributed by atoms with Gasteiger partial charge in [0.1, 0.15) is 12.4 Å². The average molecular weight is 311 g/mol. The molecular formula is C11H14BrF3N2. The summed E-state index contributed by atoms with van der Waals surface area (Å²) < 4.78 is 37.1. The zero-order valence-electron chi connectivity index (χ0n) is 9.68. The van der Waals surface area contributed by atoms with E-state index in [0.717, 1.165) is 11.1 Å². The Morgan fingerprint density at radius 3 is 2.47 bits per heavy atom. The second-order valence-corrected chi connectivity index (χ2v) is 4.31. The van der Waals surface area contributed by atoms with Crippen molar-refractivity contribution in [2.45, 2.75) is 25.4 Å². The molecule has 17 heavy (non-hydrogen) atoms. The van der Waals surface area contributed by atoms with Crippen LogP contribution in [0.3, 0.4) is 0 Å². The Morgan fingerprint density at radius 2 is 2.06 bits per heavy atom. The monoisotopic (exact) mass is 310 g/mol. The molecule has 0 spiro atoms. The van der Waals surface area contributed by atoms with Crippen molar-refractivity contribution in [3.05, 3.63) is 23.4 Å². The molecule has 0 aliphatic heterocycles. The number of anilines is 1. The Hall–Kier alpha value is -0.780. The third-order valence-electron chi connectivity index (χ3n) is 2.31. The fourth-order valence-electron chi connectivity index (χ4n) is 1.58. The summed E-state index contributed by atoms with van der Waals surface area (Å²) in [6, 6.07) is 1.84. The van der Waals surface area contributed by atoms with Crippen molar-refractivity contribution in [2.75, 3.05) is 18.0 Å². The lowest BCUT2D eigenvalue weighted by atomic mass is 10.2. The lowest BCUT2D eigenvalue weighted by Gasteiger charge is -2.24. The van der Waals surface area contributed by atoms with E-state index in [9.17, 15) is 13.2 Å². The smallest absolute Gasteiger partial charge is 0.348 e. The van der Waals surface area contributed by atoms with Crippen molar-refractivity contribution in [1.82, 2.24) is 4.98 Å². The van der Waals surface area contributed by atoms with Crippen LogP contribution >= 0.6 is 15.9 Å². The Kier molecular flexibility index (Phi) is 4.80. The Labute approximate surface area is 107 Å². The van der Waals surface area contributed by atoms with Gasteiger partial charge < -0.3 is 4.90 Å². The van der Waals surface area contributed by atoms with E-state index in [2.05, 4.69) is 20.9 Å². The molecule has 0 saturated heterocycles. The minimum Gasteiger partial charge on any atom is -0.348 e. The van der Waals surface area contributed by atoms with E-state index < -0.39 is 12.7 Å². The second-order valence-electron chi connectivity index (χ2n) is 3.75. The van der Waals surface area contributed by atoms with Crippen LogP contribution in [0.2, 0.25) is 0 Å². The van der Waals surface area contributed by atoms with Gasteiger partial charge in [-0.3, -0.25) is 0 Å². The van der Waals surface area contributed by atoms with Gasteiger partial charge in [0.15, 0.2) is 0 Å². The predicted molar refractivity (Wildman–Crippen MR) is 65.5 cm³/mol. The SMILES string of the molecule is CCN(CC(F)(F)F)c1ncc(CBr)cc1C. The molecular weight excluding hydrogens is 297 g/mol. The van der Waals surface area contributed by atoms with E-state index in [1.807, 2.05) is 6.07 Å². The topological polar surface area (TPSA) is 16.1 Å². The van der Waals surface area contributed by atoms with Gasteiger partial charge in [0.2, 0.25) is 0 Å². The number of aromatic nitrogens is 1. The van der Waals surface area contributed by atoms with Crippen molar-refractivity contribution in [1.29, 1.82) is 0 Å². The first-order valence-corrected chi connectivity index (χ1v) is 6.32. The first kappa shape index (κ1) is 14.3. The van der Waals surface area contributed by atoms with Gasteiger partial charge >= 0.3 is 6.18 Å². The van der Waals surface area contributed by atoms with E-state index in [4.69, 9.17) is 0 Å². The number of hydrogen-bond acceptors (Lipinski definition) is 2. The van der Waals surface area contributed by atoms with Gasteiger partial charge in [-0.15, -0.1) is 0 Å². The van der Waals surface area contributed by atoms with Crippen LogP contribution in [0, 0.1) is 6.92 Å². The molecule has 6 heteroatoms. The molecule has 1 heterocycles. The molecule has 0 radical (unpaired) electrons. The Balaban J connectivity index is 2.96. The number of alkyl halides is 4. The van der Waals surface area contributed by atoms with Crippen LogP contribution in [0.5, 0.6) is 0 Å². The van der Waals surface area contributed by atoms with Crippen molar-refractivity contribution >= 4 is 21.7 Å². The van der Waals surface area contributed by atoms with E-state index >= 15 is 0 Å². The Morgan fingerprint density at radius 1 is 1.41 bits per heavy atom. The summed E-state index contributed by atoms with van der Waals surface area (Å²) in [6.45, 7) is 2.77. The van der Waals surface area contributed by atoms with Gasteiger partial charge in [-0.25, -0.2) is 4.98 Å². The molecule has 0 unspecified atom stereocenters. The summed E-state index contributed by atoms with van der Waals surface area (Å²) in [6.07, 6.45) is -2.62. The van der Waals surface area contributed by atoms with Gasteiger partial charge in [0.25, 0.3) is 0 Å². The van der Waals surface area contributed by atoms with Crippen LogP contribution in [0.25, 0.3) is 0 Å². The fraction of sp³-hybridized carbons (Fsp3) is 0.545. The molecule has 0 N–H and O–H groups in total. The number of hydrogen-bond donors (Lipinski definition) is 0. The van der Waals surface area contributed by atoms with Gasteiger partial charge in [-0.2, -0.15) is 13.2 Å². The zero-order valence-corrected chi connectivity index (χ0v) is 11.3. The number of nitrogens with zero attached hydrogens (tertiary/aromatic N) is 2. The largest absolute Gasteiger partial charge is 0.405 e. The Bertz CT molecular complexity index is 379. The highest BCUT2D eigenvalue weighted by molar-refractivity contribution is 9.08. The van der Waals surface area contributed by atoms with Gasteiger partial charge in [0, 0.05) is 18.1 Å². The second kappa shape index (κ2) is 5.71. The predicted octanol–water partition coefficient (Wildman–Crippen LogP) is 3.67. The first-order chi connectivity index (χ1) is 7.87. The number of aryl methyl sites for hydroxylation is 1. The maximum atomic E-state index is 12.4. The van der Waals surface area contributed by atoms with Crippen molar-refractivity contribution in [2.24, 2.45) is 0 Å². The molecule has 1 rings (SSSR count). The molecule has 96 valence electrons. The van der Waals surface area contributed by atoms with E-state index in [1.165, 1.54) is 4.90 Å². The van der Waals surface area contributed by atoms with Crippen LogP contribution in [-0.2, 0) is 5.33 Å². The number of rotatable bonds is 4. The van der Waals surface area contributed by atoms with Crippen molar-refractivity contribution in [3.63, 3.8) is 0 Å². The average Bonchev–Trinajstić information content (AvgIpc) is 2.24. The molecule has 2 nitrogen and oxygen atoms in total. The van der Waals surface area contributed by atoms with E-state index in [-0.39, 0.29) is 6.54 Å². The standard InChI is InChI=1S/C11H14BrF3N2/c1-3-17(7-11(13,14)15)10-8(2)4-9(5-12)6-16-10/h4,6H,3,5,7H2,1-2H3. The minimum absolute atomic E-state index is 0.279. The van der Waals surface area contributed by atoms with Crippen LogP contribution < -0.4 is 4.90 Å². The summed E-state index contributed by atoms with van der Waals surface area (Å²) in [5, 5.41) is 0.645. The van der Waals surface area contributed by atoms with Crippen LogP contribution in [0.15, 0.2) is 12.3 Å². The molecule has 0 aromatic carbocycles. The molecule has 0 aliphatic carbocycles. The highest BCUT2D eigenvalue weighted by atomic mass is 79.9. The zero-order chi connectivity index (χ0) is 13.1. The normalized spacial score (nSPS) is 11.6. The molecule has 0 aliphatic rings. The lowest BCUT2D eigenvalue weighted by Crippen LogP contribution is -2.35. The highest BCUT2D eigenvalue weighted by Crippen LogP contribution is 2.23. The minimum atomic E-state index is -4.21. The quantitative estimate of drug-likeness (QED) is 0.789. The third-order valence-corrected chi connectivity index (χ3v) is 2.96. The highest BCUT2D eigenvalue weighted by Gasteiger charge is 2.31. The van der Waals surface area contributed by atoms with Crippen molar-refractivity contribution < 1.29 is 13.2 Å². The van der Waals surface area contributed by atoms with Gasteiger partial charge in [-0.1, -0.05) is 22.0 Å². The van der Waals surface area contributed by atoms with Crippen LogP contribution in [0.4, 0.5) is 19.0 Å². The molecule has 0 atom stereocenters. The molecule has 0 bridgehead atoms. The summed E-state index contributed by atoms with van der Waals surface area (Å²) in [5.41, 5.74) is 1.71. The summed E-state index contributed by atoms with van der Waals surface area (Å²) in [5.74, 6) is 0.398. The maximum absolute atomic E-state index is 12.4. The number of pyridine rings is 1. The summed E-state index contributed by atoms with van der Waals surface area (Å²) in [4.78, 5) is 5.33. The van der Waals surface area contributed by atoms with Crippen LogP contribution in [-0.4, -0.2) is 24.2 Å².